The van der Waals surface area contributed by atoms with Gasteiger partial charge in [0.25, 0.3) is 11.8 Å². The number of nitrogens with one attached hydrogen (secondary N) is 3. The third kappa shape index (κ3) is 3.97. The van der Waals surface area contributed by atoms with Gasteiger partial charge in [0.1, 0.15) is 0 Å². The lowest BCUT2D eigenvalue weighted by Crippen LogP contribution is -2.22. The van der Waals surface area contributed by atoms with Crippen molar-refractivity contribution in [3.63, 3.8) is 0 Å². The lowest BCUT2D eigenvalue weighted by atomic mass is 9.95. The maximum atomic E-state index is 13.2. The van der Waals surface area contributed by atoms with E-state index in [0.29, 0.717) is 23.3 Å². The normalized spacial score (nSPS) is 13.8. The van der Waals surface area contributed by atoms with Gasteiger partial charge in [-0.15, -0.1) is 0 Å². The molecule has 2 aromatic heterocycles. The molecule has 2 aromatic carbocycles. The summed E-state index contributed by atoms with van der Waals surface area (Å²) in [6.45, 7) is 0.687. The molecule has 0 saturated carbocycles. The van der Waals surface area contributed by atoms with Gasteiger partial charge < -0.3 is 20.2 Å². The monoisotopic (exact) mass is 486 g/mol. The van der Waals surface area contributed by atoms with Crippen molar-refractivity contribution in [3.05, 3.63) is 66.0 Å². The van der Waals surface area contributed by atoms with Gasteiger partial charge >= 0.3 is 0 Å². The third-order valence-corrected chi connectivity index (χ3v) is 7.02. The number of hydrogen-bond donors (Lipinski definition) is 4. The zero-order valence-electron chi connectivity index (χ0n) is 19.5. The molecule has 0 radical (unpaired) electrons. The number of rotatable bonds is 7. The zero-order valence-corrected chi connectivity index (χ0v) is 20.3. The van der Waals surface area contributed by atoms with Crippen LogP contribution in [0.25, 0.3) is 33.0 Å². The maximum Gasteiger partial charge on any atom is 0.259 e. The number of carbonyl (C=O) groups is 2. The molecule has 1 aliphatic heterocycles. The molecule has 0 bridgehead atoms. The van der Waals surface area contributed by atoms with E-state index >= 15 is 0 Å². The van der Waals surface area contributed by atoms with Crippen molar-refractivity contribution in [3.8, 4) is 0 Å². The first kappa shape index (κ1) is 22.8. The van der Waals surface area contributed by atoms with Gasteiger partial charge in [-0.2, -0.15) is 0 Å². The van der Waals surface area contributed by atoms with Gasteiger partial charge in [-0.05, 0) is 18.6 Å². The molecule has 0 saturated heterocycles. The van der Waals surface area contributed by atoms with Gasteiger partial charge in [-0.3, -0.25) is 20.3 Å². The Bertz CT molecular complexity index is 1530. The highest BCUT2D eigenvalue weighted by Crippen LogP contribution is 2.40. The molecule has 178 valence electrons. The molecule has 35 heavy (non-hydrogen) atoms. The summed E-state index contributed by atoms with van der Waals surface area (Å²) in [5.41, 5.74) is 10.6. The molecule has 0 unspecified atom stereocenters. The van der Waals surface area contributed by atoms with Gasteiger partial charge in [-0.1, -0.05) is 42.1 Å². The summed E-state index contributed by atoms with van der Waals surface area (Å²) >= 11 is 1.31. The van der Waals surface area contributed by atoms with E-state index in [4.69, 9.17) is 11.1 Å². The highest BCUT2D eigenvalue weighted by molar-refractivity contribution is 8.13. The Kier molecular flexibility index (Phi) is 5.86. The van der Waals surface area contributed by atoms with E-state index < -0.39 is 11.8 Å². The fraction of sp³-hybridized carbons (Fsp3) is 0.192. The molecule has 5 rings (SSSR count). The molecule has 1 aliphatic rings. The number of anilines is 1. The summed E-state index contributed by atoms with van der Waals surface area (Å²) in [6.07, 6.45) is 4.56. The first-order valence-corrected chi connectivity index (χ1v) is 12.3. The van der Waals surface area contributed by atoms with Gasteiger partial charge in [-0.25, -0.2) is 0 Å². The van der Waals surface area contributed by atoms with Crippen LogP contribution in [0.5, 0.6) is 0 Å². The number of aromatic nitrogens is 2. The topological polar surface area (TPSA) is 120 Å². The lowest BCUT2D eigenvalue weighted by molar-refractivity contribution is -0.122. The van der Waals surface area contributed by atoms with Crippen LogP contribution in [0, 0.1) is 5.41 Å². The Morgan fingerprint density at radius 2 is 1.74 bits per heavy atom. The number of benzene rings is 2. The summed E-state index contributed by atoms with van der Waals surface area (Å²) in [6, 6.07) is 13.7. The molecular weight excluding hydrogens is 460 g/mol. The van der Waals surface area contributed by atoms with Crippen molar-refractivity contribution < 1.29 is 9.59 Å². The van der Waals surface area contributed by atoms with Crippen molar-refractivity contribution in [2.75, 3.05) is 24.7 Å². The number of aromatic amines is 1. The van der Waals surface area contributed by atoms with Crippen molar-refractivity contribution in [2.24, 2.45) is 5.73 Å². The number of para-hydroxylation sites is 2. The number of nitrogens with two attached hydrogens (primary N) is 1. The van der Waals surface area contributed by atoms with Crippen LogP contribution in [0.1, 0.15) is 17.5 Å². The number of thioether (sulfide) groups is 1. The Hall–Kier alpha value is -3.98. The number of nitrogens with zero attached hydrogens (tertiary/aromatic N) is 2. The van der Waals surface area contributed by atoms with Crippen LogP contribution < -0.4 is 16.0 Å². The van der Waals surface area contributed by atoms with Crippen LogP contribution in [0.3, 0.4) is 0 Å². The molecule has 0 spiro atoms. The molecule has 4 aromatic rings. The van der Waals surface area contributed by atoms with Crippen molar-refractivity contribution in [1.82, 2.24) is 14.9 Å². The van der Waals surface area contributed by atoms with E-state index in [1.165, 1.54) is 11.8 Å². The van der Waals surface area contributed by atoms with E-state index in [1.807, 2.05) is 67.7 Å². The molecule has 0 aliphatic carbocycles. The van der Waals surface area contributed by atoms with E-state index in [2.05, 4.69) is 14.9 Å². The predicted molar refractivity (Wildman–Crippen MR) is 144 cm³/mol. The number of amidine groups is 1. The summed E-state index contributed by atoms with van der Waals surface area (Å²) in [5, 5.41) is 11.9. The maximum absolute atomic E-state index is 13.2. The van der Waals surface area contributed by atoms with Crippen molar-refractivity contribution in [1.29, 1.82) is 5.41 Å². The number of fused-ring (bicyclic) bond motifs is 2. The van der Waals surface area contributed by atoms with Crippen molar-refractivity contribution in [2.45, 2.75) is 13.0 Å². The lowest BCUT2D eigenvalue weighted by Gasteiger charge is -2.16. The fourth-order valence-electron chi connectivity index (χ4n) is 4.74. The molecule has 0 fully saturated rings. The molecular formula is C26H26N6O2S. The smallest absolute Gasteiger partial charge is 0.259 e. The van der Waals surface area contributed by atoms with Gasteiger partial charge in [0.2, 0.25) is 0 Å². The molecule has 2 amide bonds. The number of H-pyrrole nitrogens is 1. The molecule has 8 nitrogen and oxygen atoms in total. The summed E-state index contributed by atoms with van der Waals surface area (Å²) < 4.78 is 2.14. The van der Waals surface area contributed by atoms with E-state index in [1.54, 1.807) is 6.20 Å². The van der Waals surface area contributed by atoms with Crippen LogP contribution in [0.15, 0.2) is 54.9 Å². The number of hydrogen-bond acceptors (Lipinski definition) is 5. The van der Waals surface area contributed by atoms with Crippen LogP contribution in [0.4, 0.5) is 5.69 Å². The Morgan fingerprint density at radius 1 is 1.03 bits per heavy atom. The minimum Gasteiger partial charge on any atom is -0.379 e. The molecule has 3 heterocycles. The Morgan fingerprint density at radius 3 is 2.49 bits per heavy atom. The van der Waals surface area contributed by atoms with Crippen LogP contribution in [-0.4, -0.2) is 46.4 Å². The van der Waals surface area contributed by atoms with Crippen LogP contribution in [-0.2, 0) is 16.1 Å². The first-order valence-electron chi connectivity index (χ1n) is 11.3. The van der Waals surface area contributed by atoms with E-state index in [0.717, 1.165) is 45.2 Å². The zero-order chi connectivity index (χ0) is 24.7. The number of imide groups is 1. The predicted octanol–water partition coefficient (Wildman–Crippen LogP) is 3.77. The van der Waals surface area contributed by atoms with Gasteiger partial charge in [0.05, 0.1) is 22.4 Å². The second-order valence-electron chi connectivity index (χ2n) is 8.65. The van der Waals surface area contributed by atoms with Crippen LogP contribution >= 0.6 is 11.8 Å². The average molecular weight is 487 g/mol. The van der Waals surface area contributed by atoms with Crippen LogP contribution in [0.2, 0.25) is 0 Å². The van der Waals surface area contributed by atoms with Gasteiger partial charge in [0.15, 0.2) is 5.17 Å². The summed E-state index contributed by atoms with van der Waals surface area (Å²) in [4.78, 5) is 31.5. The second-order valence-corrected chi connectivity index (χ2v) is 9.79. The quantitative estimate of drug-likeness (QED) is 0.137. The van der Waals surface area contributed by atoms with Crippen molar-refractivity contribution >= 4 is 67.4 Å². The SMILES string of the molecule is CN(C)c1cccc2c(C3=C(c4c[nH]c5ccccc45)C(=O)NC3=O)cn(CCCSC(=N)N)c12. The van der Waals surface area contributed by atoms with E-state index in [-0.39, 0.29) is 5.17 Å². The fourth-order valence-corrected chi connectivity index (χ4v) is 5.23. The highest BCUT2D eigenvalue weighted by Gasteiger charge is 2.35. The Balaban J connectivity index is 1.71. The molecule has 0 atom stereocenters. The average Bonchev–Trinajstić information content (AvgIpc) is 3.49. The third-order valence-electron chi connectivity index (χ3n) is 6.22. The number of amides is 2. The van der Waals surface area contributed by atoms with Gasteiger partial charge in [0, 0.05) is 66.2 Å². The largest absolute Gasteiger partial charge is 0.379 e. The highest BCUT2D eigenvalue weighted by atomic mass is 32.2. The number of carbonyl (C=O) groups excluding carboxylic acids is 2. The molecule has 5 N–H and O–H groups in total. The minimum absolute atomic E-state index is 0.103. The summed E-state index contributed by atoms with van der Waals surface area (Å²) in [7, 11) is 3.97. The minimum atomic E-state index is -0.392. The molecule has 9 heteroatoms. The Labute approximate surface area is 206 Å². The summed E-state index contributed by atoms with van der Waals surface area (Å²) in [5.74, 6) is -0.0644. The first-order chi connectivity index (χ1) is 16.9. The second kappa shape index (κ2) is 8.99. The standard InChI is InChI=1S/C26H26N6O2S/c1-31(2)20-10-5-8-16-18(14-32(23(16)20)11-6-12-35-26(27)28)22-21(24(33)30-25(22)34)17-13-29-19-9-4-3-7-15(17)19/h3-5,7-10,13-14,29H,6,11-12H2,1-2H3,(H3,27,28)(H,30,33,34). The number of aryl methyl sites for hydroxylation is 1. The van der Waals surface area contributed by atoms with E-state index in [9.17, 15) is 9.59 Å².